The Morgan fingerprint density at radius 1 is 0.278 bits per heavy atom. The minimum Gasteiger partial charge on any atom is -0.310 e. The molecule has 0 atom stereocenters. The average Bonchev–Trinajstić information content (AvgIpc) is 4.04. The van der Waals surface area contributed by atoms with Gasteiger partial charge in [-0.15, -0.1) is 0 Å². The predicted molar refractivity (Wildman–Crippen MR) is 304 cm³/mol. The summed E-state index contributed by atoms with van der Waals surface area (Å²) in [5.41, 5.74) is 22.5. The molecule has 13 aromatic rings. The zero-order valence-electron chi connectivity index (χ0n) is 40.2. The van der Waals surface area contributed by atoms with Gasteiger partial charge in [-0.2, -0.15) is 0 Å². The van der Waals surface area contributed by atoms with Crippen molar-refractivity contribution in [2.75, 3.05) is 4.90 Å². The molecule has 0 radical (unpaired) electrons. The van der Waals surface area contributed by atoms with Crippen LogP contribution >= 0.6 is 0 Å². The van der Waals surface area contributed by atoms with E-state index in [1.165, 1.54) is 99.4 Å². The summed E-state index contributed by atoms with van der Waals surface area (Å²) in [6, 6.07) is 95.9. The molecular weight excluding hydrogens is 871 g/mol. The van der Waals surface area contributed by atoms with Crippen molar-refractivity contribution < 1.29 is 0 Å². The highest BCUT2D eigenvalue weighted by Gasteiger charge is 2.37. The van der Waals surface area contributed by atoms with Crippen LogP contribution in [-0.4, -0.2) is 9.13 Å². The third-order valence-corrected chi connectivity index (χ3v) is 15.3. The van der Waals surface area contributed by atoms with Crippen LogP contribution in [-0.2, 0) is 5.41 Å². The minimum absolute atomic E-state index is 0.269. The van der Waals surface area contributed by atoms with E-state index in [2.05, 4.69) is 289 Å². The number of hydrogen-bond donors (Lipinski definition) is 0. The van der Waals surface area contributed by atoms with Crippen LogP contribution < -0.4 is 4.90 Å². The summed E-state index contributed by atoms with van der Waals surface area (Å²) < 4.78 is 4.85. The van der Waals surface area contributed by atoms with Gasteiger partial charge >= 0.3 is 0 Å². The van der Waals surface area contributed by atoms with Gasteiger partial charge in [-0.25, -0.2) is 0 Å². The lowest BCUT2D eigenvalue weighted by molar-refractivity contribution is 0.660. The molecular formula is C69H49N3. The maximum absolute atomic E-state index is 2.45. The number of benzene rings is 11. The Kier molecular flexibility index (Phi) is 9.56. The van der Waals surface area contributed by atoms with Crippen LogP contribution in [0.25, 0.3) is 99.5 Å². The lowest BCUT2D eigenvalue weighted by Crippen LogP contribution is -2.17. The van der Waals surface area contributed by atoms with Crippen molar-refractivity contribution in [3.63, 3.8) is 0 Å². The van der Waals surface area contributed by atoms with Crippen molar-refractivity contribution in [3.8, 4) is 55.9 Å². The first kappa shape index (κ1) is 41.8. The summed E-state index contributed by atoms with van der Waals surface area (Å²) in [4.78, 5) is 2.45. The predicted octanol–water partition coefficient (Wildman–Crippen LogP) is 18.7. The lowest BCUT2D eigenvalue weighted by atomic mass is 9.82. The number of anilines is 3. The minimum atomic E-state index is -0.269. The van der Waals surface area contributed by atoms with Crippen molar-refractivity contribution in [1.82, 2.24) is 9.13 Å². The van der Waals surface area contributed by atoms with E-state index in [9.17, 15) is 0 Å². The number of rotatable bonds is 8. The molecule has 3 nitrogen and oxygen atoms in total. The third kappa shape index (κ3) is 6.66. The Labute approximate surface area is 419 Å². The zero-order chi connectivity index (χ0) is 47.9. The van der Waals surface area contributed by atoms with Crippen LogP contribution in [0.2, 0.25) is 0 Å². The molecule has 2 aromatic heterocycles. The summed E-state index contributed by atoms with van der Waals surface area (Å²) in [5.74, 6) is 0. The number of para-hydroxylation sites is 4. The molecule has 72 heavy (non-hydrogen) atoms. The highest BCUT2D eigenvalue weighted by Crippen LogP contribution is 2.52. The van der Waals surface area contributed by atoms with Gasteiger partial charge < -0.3 is 14.0 Å². The Bertz CT molecular complexity index is 4110. The average molecular weight is 920 g/mol. The van der Waals surface area contributed by atoms with E-state index in [0.717, 1.165) is 28.3 Å². The second kappa shape index (κ2) is 16.5. The molecule has 0 bridgehead atoms. The van der Waals surface area contributed by atoms with Crippen molar-refractivity contribution in [1.29, 1.82) is 0 Å². The van der Waals surface area contributed by atoms with E-state index in [1.54, 1.807) is 0 Å². The largest absolute Gasteiger partial charge is 0.310 e. The summed E-state index contributed by atoms with van der Waals surface area (Å²) in [7, 11) is 0. The highest BCUT2D eigenvalue weighted by atomic mass is 15.1. The van der Waals surface area contributed by atoms with E-state index < -0.39 is 0 Å². The molecule has 0 saturated carbocycles. The molecule has 2 heterocycles. The van der Waals surface area contributed by atoms with E-state index in [4.69, 9.17) is 0 Å². The molecule has 0 spiro atoms. The van der Waals surface area contributed by atoms with Gasteiger partial charge in [0.25, 0.3) is 0 Å². The van der Waals surface area contributed by atoms with Gasteiger partial charge in [0, 0.05) is 55.4 Å². The molecule has 1 aliphatic carbocycles. The second-order valence-electron chi connectivity index (χ2n) is 19.8. The lowest BCUT2D eigenvalue weighted by Gasteiger charge is -2.28. The van der Waals surface area contributed by atoms with E-state index in [-0.39, 0.29) is 5.41 Å². The van der Waals surface area contributed by atoms with Gasteiger partial charge in [-0.3, -0.25) is 0 Å². The molecule has 0 aliphatic heterocycles. The topological polar surface area (TPSA) is 13.1 Å². The smallest absolute Gasteiger partial charge is 0.0561 e. The van der Waals surface area contributed by atoms with Gasteiger partial charge in [0.2, 0.25) is 0 Å². The van der Waals surface area contributed by atoms with E-state index in [0.29, 0.717) is 0 Å². The fourth-order valence-corrected chi connectivity index (χ4v) is 11.8. The maximum atomic E-state index is 2.45. The fraction of sp³-hybridized carbons (Fsp3) is 0.0435. The van der Waals surface area contributed by atoms with E-state index in [1.807, 2.05) is 0 Å². The van der Waals surface area contributed by atoms with E-state index >= 15 is 0 Å². The molecule has 14 rings (SSSR count). The van der Waals surface area contributed by atoms with Crippen LogP contribution in [0.3, 0.4) is 0 Å². The van der Waals surface area contributed by atoms with Crippen molar-refractivity contribution in [3.05, 3.63) is 272 Å². The number of fused-ring (bicyclic) bond motifs is 9. The quantitative estimate of drug-likeness (QED) is 0.148. The van der Waals surface area contributed by atoms with Crippen LogP contribution in [0, 0.1) is 0 Å². The molecule has 11 aromatic carbocycles. The van der Waals surface area contributed by atoms with Crippen molar-refractivity contribution in [2.45, 2.75) is 19.3 Å². The van der Waals surface area contributed by atoms with Crippen LogP contribution in [0.15, 0.2) is 261 Å². The number of aromatic nitrogens is 2. The molecule has 3 heteroatoms. The molecule has 0 saturated heterocycles. The van der Waals surface area contributed by atoms with Gasteiger partial charge in [0.1, 0.15) is 0 Å². The third-order valence-electron chi connectivity index (χ3n) is 15.3. The Morgan fingerprint density at radius 3 is 1.24 bits per heavy atom. The molecule has 0 amide bonds. The molecule has 340 valence electrons. The van der Waals surface area contributed by atoms with Gasteiger partial charge in [-0.05, 0) is 153 Å². The SMILES string of the molecule is CC1(C)c2cc(N(c3ccc(-c4cc(-c5ccccc5)cc(-c5ccccc5)c4)cc3)c3ccc4c5ccccc5n(-c5ccccc5)c4c3)ccc2-c2ccc(-n3c4ccccc4c4ccccc43)cc21. The Balaban J connectivity index is 0.923. The molecule has 1 aliphatic rings. The standard InChI is InChI=1S/C69H49N3/c1-69(2)63-43-54(34-37-57(63)58-38-35-55(44-64(58)69)72-66-28-16-12-24-59(66)60-25-13-17-29-67(60)72)70(56-36-39-62-61-26-14-15-27-65(61)71(68(62)45-56)52-22-10-5-11-23-52)53-32-30-48(31-33-53)51-41-49(46-18-6-3-7-19-46)40-50(42-51)47-20-8-4-9-21-47/h3-45H,1-2H3. The van der Waals surface area contributed by atoms with Crippen LogP contribution in [0.1, 0.15) is 25.0 Å². The monoisotopic (exact) mass is 919 g/mol. The first-order chi connectivity index (χ1) is 35.5. The summed E-state index contributed by atoms with van der Waals surface area (Å²) in [6.45, 7) is 4.79. The molecule has 0 fully saturated rings. The fourth-order valence-electron chi connectivity index (χ4n) is 11.8. The molecule has 0 N–H and O–H groups in total. The van der Waals surface area contributed by atoms with Gasteiger partial charge in [0.15, 0.2) is 0 Å². The van der Waals surface area contributed by atoms with Crippen LogP contribution in [0.5, 0.6) is 0 Å². The number of nitrogens with zero attached hydrogens (tertiary/aromatic N) is 3. The Morgan fingerprint density at radius 2 is 0.681 bits per heavy atom. The second-order valence-corrected chi connectivity index (χ2v) is 19.8. The summed E-state index contributed by atoms with van der Waals surface area (Å²) in [5, 5.41) is 5.01. The molecule has 0 unspecified atom stereocenters. The van der Waals surface area contributed by atoms with Crippen molar-refractivity contribution >= 4 is 60.7 Å². The first-order valence-electron chi connectivity index (χ1n) is 25.0. The van der Waals surface area contributed by atoms with Gasteiger partial charge in [-0.1, -0.05) is 178 Å². The summed E-state index contributed by atoms with van der Waals surface area (Å²) in [6.07, 6.45) is 0. The van der Waals surface area contributed by atoms with Crippen molar-refractivity contribution in [2.24, 2.45) is 0 Å². The van der Waals surface area contributed by atoms with Crippen LogP contribution in [0.4, 0.5) is 17.1 Å². The Hall–Kier alpha value is -9.18. The summed E-state index contributed by atoms with van der Waals surface area (Å²) >= 11 is 0. The zero-order valence-corrected chi connectivity index (χ0v) is 40.2. The number of hydrogen-bond acceptors (Lipinski definition) is 1. The normalized spacial score (nSPS) is 12.7. The first-order valence-corrected chi connectivity index (χ1v) is 25.0. The maximum Gasteiger partial charge on any atom is 0.0561 e. The van der Waals surface area contributed by atoms with Gasteiger partial charge in [0.05, 0.1) is 22.1 Å². The highest BCUT2D eigenvalue weighted by molar-refractivity contribution is 6.11.